The number of carbonyl (C=O) groups is 3. The van der Waals surface area contributed by atoms with Crippen LogP contribution in [0, 0.1) is 19.8 Å². The monoisotopic (exact) mass is 408 g/mol. The van der Waals surface area contributed by atoms with E-state index in [1.807, 2.05) is 63.2 Å². The summed E-state index contributed by atoms with van der Waals surface area (Å²) in [7, 11) is 0. The molecule has 6 heteroatoms. The van der Waals surface area contributed by atoms with Crippen LogP contribution in [0.2, 0.25) is 0 Å². The van der Waals surface area contributed by atoms with E-state index in [4.69, 9.17) is 4.74 Å². The number of esters is 1. The number of para-hydroxylation sites is 1. The number of carbonyl (C=O) groups excluding carboxylic acids is 3. The highest BCUT2D eigenvalue weighted by Gasteiger charge is 2.37. The van der Waals surface area contributed by atoms with E-state index in [-0.39, 0.29) is 18.9 Å². The van der Waals surface area contributed by atoms with E-state index in [9.17, 15) is 14.4 Å². The molecular formula is C24H28N2O4. The molecule has 2 aromatic carbocycles. The van der Waals surface area contributed by atoms with Gasteiger partial charge in [0.25, 0.3) is 5.91 Å². The maximum Gasteiger partial charge on any atom is 0.312 e. The molecule has 30 heavy (non-hydrogen) atoms. The summed E-state index contributed by atoms with van der Waals surface area (Å²) in [5.41, 5.74) is 4.62. The van der Waals surface area contributed by atoms with Crippen molar-refractivity contribution in [2.45, 2.75) is 46.6 Å². The van der Waals surface area contributed by atoms with E-state index < -0.39 is 23.9 Å². The maximum absolute atomic E-state index is 12.6. The first-order valence-electron chi connectivity index (χ1n) is 10.3. The van der Waals surface area contributed by atoms with Gasteiger partial charge < -0.3 is 15.0 Å². The van der Waals surface area contributed by atoms with Crippen LogP contribution in [-0.2, 0) is 25.5 Å². The van der Waals surface area contributed by atoms with Crippen molar-refractivity contribution >= 4 is 29.2 Å². The Morgan fingerprint density at radius 3 is 2.63 bits per heavy atom. The van der Waals surface area contributed by atoms with Gasteiger partial charge in [0, 0.05) is 24.3 Å². The zero-order valence-corrected chi connectivity index (χ0v) is 17.9. The molecule has 3 rings (SSSR count). The third-order valence-electron chi connectivity index (χ3n) is 5.42. The quantitative estimate of drug-likeness (QED) is 0.738. The van der Waals surface area contributed by atoms with Gasteiger partial charge in [-0.25, -0.2) is 0 Å². The second-order valence-electron chi connectivity index (χ2n) is 7.77. The second kappa shape index (κ2) is 9.11. The molecule has 2 atom stereocenters. The van der Waals surface area contributed by atoms with Crippen molar-refractivity contribution in [2.24, 2.45) is 5.92 Å². The lowest BCUT2D eigenvalue weighted by molar-refractivity contribution is -0.157. The summed E-state index contributed by atoms with van der Waals surface area (Å²) < 4.78 is 5.39. The Balaban J connectivity index is 1.61. The fraction of sp³-hybridized carbons (Fsp3) is 0.375. The number of anilines is 2. The zero-order valence-electron chi connectivity index (χ0n) is 17.9. The van der Waals surface area contributed by atoms with E-state index in [1.54, 1.807) is 4.90 Å². The van der Waals surface area contributed by atoms with Crippen molar-refractivity contribution in [3.63, 3.8) is 0 Å². The van der Waals surface area contributed by atoms with Crippen LogP contribution in [0.5, 0.6) is 0 Å². The Morgan fingerprint density at radius 1 is 1.20 bits per heavy atom. The lowest BCUT2D eigenvalue weighted by atomic mass is 10.1. The van der Waals surface area contributed by atoms with Gasteiger partial charge >= 0.3 is 5.97 Å². The molecule has 0 radical (unpaired) electrons. The number of amides is 2. The lowest BCUT2D eigenvalue weighted by Gasteiger charge is -2.20. The number of nitrogens with one attached hydrogen (secondary N) is 1. The highest BCUT2D eigenvalue weighted by Crippen LogP contribution is 2.29. The maximum atomic E-state index is 12.6. The van der Waals surface area contributed by atoms with E-state index >= 15 is 0 Å². The molecule has 1 saturated heterocycles. The molecule has 0 spiro atoms. The smallest absolute Gasteiger partial charge is 0.312 e. The molecule has 0 unspecified atom stereocenters. The number of hydrogen-bond acceptors (Lipinski definition) is 4. The molecule has 158 valence electrons. The van der Waals surface area contributed by atoms with Gasteiger partial charge in [0.05, 0.1) is 5.92 Å². The summed E-state index contributed by atoms with van der Waals surface area (Å²) in [5, 5.41) is 2.80. The Labute approximate surface area is 177 Å². The van der Waals surface area contributed by atoms with Crippen molar-refractivity contribution in [3.8, 4) is 0 Å². The molecule has 2 aromatic rings. The Hall–Kier alpha value is -3.15. The molecule has 0 saturated carbocycles. The average Bonchev–Trinajstić information content (AvgIpc) is 3.11. The SMILES string of the molecule is CCc1ccccc1N1C[C@H](C(=O)O[C@@H](C)C(=O)Nc2ccc(C)cc2C)CC1=O. The molecular weight excluding hydrogens is 380 g/mol. The Bertz CT molecular complexity index is 969. The van der Waals surface area contributed by atoms with Gasteiger partial charge in [-0.15, -0.1) is 0 Å². The first-order valence-corrected chi connectivity index (χ1v) is 10.3. The van der Waals surface area contributed by atoms with Crippen molar-refractivity contribution in [1.29, 1.82) is 0 Å². The van der Waals surface area contributed by atoms with Gasteiger partial charge in [-0.2, -0.15) is 0 Å². The lowest BCUT2D eigenvalue weighted by Crippen LogP contribution is -2.33. The Kier molecular flexibility index (Phi) is 6.55. The standard InChI is InChI=1S/C24H28N2O4/c1-5-18-8-6-7-9-21(18)26-14-19(13-22(26)27)24(29)30-17(4)23(28)25-20-11-10-15(2)12-16(20)3/h6-12,17,19H,5,13-14H2,1-4H3,(H,25,28)/t17-,19+/m0/s1. The molecule has 1 aliphatic rings. The second-order valence-corrected chi connectivity index (χ2v) is 7.77. The summed E-state index contributed by atoms with van der Waals surface area (Å²) in [6.07, 6.45) is -0.0715. The number of ether oxygens (including phenoxy) is 1. The number of rotatable bonds is 6. The predicted molar refractivity (Wildman–Crippen MR) is 116 cm³/mol. The minimum atomic E-state index is -0.953. The van der Waals surface area contributed by atoms with Gasteiger partial charge in [-0.1, -0.05) is 42.8 Å². The molecule has 1 fully saturated rings. The number of nitrogens with zero attached hydrogens (tertiary/aromatic N) is 1. The van der Waals surface area contributed by atoms with Gasteiger partial charge in [-0.3, -0.25) is 14.4 Å². The average molecular weight is 408 g/mol. The first-order chi connectivity index (χ1) is 14.3. The summed E-state index contributed by atoms with van der Waals surface area (Å²) >= 11 is 0. The van der Waals surface area contributed by atoms with Gasteiger partial charge in [-0.05, 0) is 50.5 Å². The third-order valence-corrected chi connectivity index (χ3v) is 5.42. The van der Waals surface area contributed by atoms with Crippen LogP contribution < -0.4 is 10.2 Å². The van der Waals surface area contributed by atoms with Crippen molar-refractivity contribution in [1.82, 2.24) is 0 Å². The predicted octanol–water partition coefficient (Wildman–Crippen LogP) is 3.79. The largest absolute Gasteiger partial charge is 0.452 e. The summed E-state index contributed by atoms with van der Waals surface area (Å²) in [6.45, 7) is 7.72. The highest BCUT2D eigenvalue weighted by atomic mass is 16.5. The molecule has 0 aromatic heterocycles. The number of hydrogen-bond donors (Lipinski definition) is 1. The van der Waals surface area contributed by atoms with Crippen molar-refractivity contribution < 1.29 is 19.1 Å². The van der Waals surface area contributed by atoms with E-state index in [0.29, 0.717) is 5.69 Å². The van der Waals surface area contributed by atoms with Crippen LogP contribution >= 0.6 is 0 Å². The highest BCUT2D eigenvalue weighted by molar-refractivity contribution is 6.01. The van der Waals surface area contributed by atoms with E-state index in [1.165, 1.54) is 6.92 Å². The zero-order chi connectivity index (χ0) is 21.8. The minimum absolute atomic E-state index is 0.0856. The molecule has 6 nitrogen and oxygen atoms in total. The molecule has 1 N–H and O–H groups in total. The van der Waals surface area contributed by atoms with E-state index in [2.05, 4.69) is 5.32 Å². The summed E-state index contributed by atoms with van der Waals surface area (Å²) in [5.74, 6) is -1.61. The molecule has 0 aliphatic carbocycles. The van der Waals surface area contributed by atoms with E-state index in [0.717, 1.165) is 28.8 Å². The fourth-order valence-corrected chi connectivity index (χ4v) is 3.68. The van der Waals surface area contributed by atoms with Crippen LogP contribution in [0.3, 0.4) is 0 Å². The van der Waals surface area contributed by atoms with Gasteiger partial charge in [0.1, 0.15) is 0 Å². The normalized spacial score (nSPS) is 17.0. The molecule has 0 bridgehead atoms. The molecule has 1 aliphatic heterocycles. The number of benzene rings is 2. The van der Waals surface area contributed by atoms with Gasteiger partial charge in [0.15, 0.2) is 6.10 Å². The number of aryl methyl sites for hydroxylation is 3. The van der Waals surface area contributed by atoms with Gasteiger partial charge in [0.2, 0.25) is 5.91 Å². The van der Waals surface area contributed by atoms with Crippen LogP contribution in [0.4, 0.5) is 11.4 Å². The molecule has 1 heterocycles. The Morgan fingerprint density at radius 2 is 1.93 bits per heavy atom. The van der Waals surface area contributed by atoms with Crippen LogP contribution in [-0.4, -0.2) is 30.4 Å². The van der Waals surface area contributed by atoms with Crippen molar-refractivity contribution in [3.05, 3.63) is 59.2 Å². The van der Waals surface area contributed by atoms with Crippen LogP contribution in [0.1, 0.15) is 37.0 Å². The van der Waals surface area contributed by atoms with Crippen LogP contribution in [0.15, 0.2) is 42.5 Å². The topological polar surface area (TPSA) is 75.7 Å². The van der Waals surface area contributed by atoms with Crippen molar-refractivity contribution in [2.75, 3.05) is 16.8 Å². The minimum Gasteiger partial charge on any atom is -0.452 e. The molecule has 2 amide bonds. The first kappa shape index (κ1) is 21.6. The fourth-order valence-electron chi connectivity index (χ4n) is 3.68. The van der Waals surface area contributed by atoms with Crippen LogP contribution in [0.25, 0.3) is 0 Å². The third kappa shape index (κ3) is 4.70. The summed E-state index contributed by atoms with van der Waals surface area (Å²) in [4.78, 5) is 39.3. The summed E-state index contributed by atoms with van der Waals surface area (Å²) in [6, 6.07) is 13.4.